The molecule has 1 atom stereocenters. The van der Waals surface area contributed by atoms with Gasteiger partial charge in [0.25, 0.3) is 0 Å². The van der Waals surface area contributed by atoms with E-state index in [0.717, 1.165) is 48.1 Å². The Morgan fingerprint density at radius 1 is 1.19 bits per heavy atom. The summed E-state index contributed by atoms with van der Waals surface area (Å²) in [5.41, 5.74) is 3.41. The number of hydrogen-bond donors (Lipinski definition) is 1. The number of amides is 1. The van der Waals surface area contributed by atoms with Crippen molar-refractivity contribution in [2.24, 2.45) is 5.92 Å². The number of aromatic amines is 1. The minimum absolute atomic E-state index is 0.224. The number of hydrogen-bond acceptors (Lipinski definition) is 2. The number of nitrogens with one attached hydrogen (secondary N) is 1. The van der Waals surface area contributed by atoms with Crippen LogP contribution in [0.1, 0.15) is 24.0 Å². The number of H-pyrrole nitrogens is 1. The predicted octanol–water partition coefficient (Wildman–Crippen LogP) is 4.34. The lowest BCUT2D eigenvalue weighted by molar-refractivity contribution is -0.129. The zero-order valence-corrected chi connectivity index (χ0v) is 15.8. The monoisotopic (exact) mass is 362 g/mol. The van der Waals surface area contributed by atoms with E-state index in [2.05, 4.69) is 30.1 Å². The molecule has 1 fully saturated rings. The third-order valence-electron chi connectivity index (χ3n) is 5.47. The summed E-state index contributed by atoms with van der Waals surface area (Å²) in [4.78, 5) is 18.0. The summed E-state index contributed by atoms with van der Waals surface area (Å²) in [6, 6.07) is 16.3. The Morgan fingerprint density at radius 3 is 2.85 bits per heavy atom. The van der Waals surface area contributed by atoms with Gasteiger partial charge in [-0.2, -0.15) is 0 Å². The van der Waals surface area contributed by atoms with Crippen molar-refractivity contribution in [1.82, 2.24) is 9.88 Å². The van der Waals surface area contributed by atoms with E-state index >= 15 is 0 Å². The van der Waals surface area contributed by atoms with Crippen molar-refractivity contribution in [1.29, 1.82) is 0 Å². The topological polar surface area (TPSA) is 45.3 Å². The molecule has 0 spiro atoms. The number of ether oxygens (including phenoxy) is 1. The molecule has 1 unspecified atom stereocenters. The van der Waals surface area contributed by atoms with Gasteiger partial charge in [-0.25, -0.2) is 0 Å². The van der Waals surface area contributed by atoms with Crippen LogP contribution in [0.25, 0.3) is 10.9 Å². The number of nitrogens with zero attached hydrogens (tertiary/aromatic N) is 1. The lowest BCUT2D eigenvalue weighted by Gasteiger charge is -2.16. The van der Waals surface area contributed by atoms with E-state index in [4.69, 9.17) is 4.74 Å². The Kier molecular flexibility index (Phi) is 5.14. The van der Waals surface area contributed by atoms with Crippen molar-refractivity contribution in [2.45, 2.75) is 26.2 Å². The van der Waals surface area contributed by atoms with Gasteiger partial charge in [0.15, 0.2) is 0 Å². The first-order chi connectivity index (χ1) is 13.2. The van der Waals surface area contributed by atoms with Crippen LogP contribution in [-0.4, -0.2) is 35.5 Å². The van der Waals surface area contributed by atoms with Gasteiger partial charge in [-0.1, -0.05) is 35.9 Å². The van der Waals surface area contributed by atoms with E-state index in [9.17, 15) is 4.79 Å². The number of likely N-dealkylation sites (tertiary alicyclic amines) is 1. The Hall–Kier alpha value is -2.75. The minimum atomic E-state index is 0.224. The second-order valence-electron chi connectivity index (χ2n) is 7.48. The fourth-order valence-corrected chi connectivity index (χ4v) is 3.83. The predicted molar refractivity (Wildman–Crippen MR) is 108 cm³/mol. The summed E-state index contributed by atoms with van der Waals surface area (Å²) in [5.74, 6) is 1.68. The van der Waals surface area contributed by atoms with Gasteiger partial charge in [-0.15, -0.1) is 0 Å². The van der Waals surface area contributed by atoms with Crippen LogP contribution < -0.4 is 4.74 Å². The van der Waals surface area contributed by atoms with Crippen LogP contribution in [0.15, 0.2) is 54.7 Å². The highest BCUT2D eigenvalue weighted by Crippen LogP contribution is 2.23. The molecule has 4 nitrogen and oxygen atoms in total. The van der Waals surface area contributed by atoms with Gasteiger partial charge < -0.3 is 14.6 Å². The van der Waals surface area contributed by atoms with Gasteiger partial charge in [0, 0.05) is 30.2 Å². The number of benzene rings is 2. The van der Waals surface area contributed by atoms with E-state index < -0.39 is 0 Å². The lowest BCUT2D eigenvalue weighted by Crippen LogP contribution is -2.30. The van der Waals surface area contributed by atoms with E-state index in [0.29, 0.717) is 18.9 Å². The highest BCUT2D eigenvalue weighted by molar-refractivity contribution is 5.88. The number of carbonyl (C=O) groups excluding carboxylic acids is 1. The van der Waals surface area contributed by atoms with Crippen molar-refractivity contribution in [3.8, 4) is 5.75 Å². The molecule has 27 heavy (non-hydrogen) atoms. The average Bonchev–Trinajstić information content (AvgIpc) is 3.31. The molecule has 0 radical (unpaired) electrons. The maximum atomic E-state index is 12.7. The Labute approximate surface area is 160 Å². The van der Waals surface area contributed by atoms with Gasteiger partial charge in [0.05, 0.1) is 13.0 Å². The molecule has 1 aromatic heterocycles. The third kappa shape index (κ3) is 4.16. The molecule has 0 bridgehead atoms. The van der Waals surface area contributed by atoms with E-state index in [1.807, 2.05) is 41.4 Å². The van der Waals surface area contributed by atoms with E-state index in [1.165, 1.54) is 5.56 Å². The summed E-state index contributed by atoms with van der Waals surface area (Å²) in [5, 5.41) is 1.15. The van der Waals surface area contributed by atoms with Crippen LogP contribution in [0.4, 0.5) is 0 Å². The largest absolute Gasteiger partial charge is 0.494 e. The number of carbonyl (C=O) groups is 1. The van der Waals surface area contributed by atoms with Crippen LogP contribution in [0.5, 0.6) is 5.75 Å². The molecular formula is C23H26N2O2. The molecule has 2 heterocycles. The molecule has 0 saturated carbocycles. The van der Waals surface area contributed by atoms with Gasteiger partial charge in [-0.3, -0.25) is 4.79 Å². The number of aryl methyl sites for hydroxylation is 1. The number of aromatic nitrogens is 1. The quantitative estimate of drug-likeness (QED) is 0.709. The lowest BCUT2D eigenvalue weighted by atomic mass is 10.1. The Bertz CT molecular complexity index is 914. The van der Waals surface area contributed by atoms with Crippen LogP contribution in [0.2, 0.25) is 0 Å². The summed E-state index contributed by atoms with van der Waals surface area (Å²) in [7, 11) is 0. The molecule has 4 heteroatoms. The van der Waals surface area contributed by atoms with Crippen LogP contribution >= 0.6 is 0 Å². The molecule has 1 aliphatic heterocycles. The maximum Gasteiger partial charge on any atom is 0.227 e. The van der Waals surface area contributed by atoms with Gasteiger partial charge in [-0.05, 0) is 49.4 Å². The molecule has 0 aliphatic carbocycles. The van der Waals surface area contributed by atoms with Crippen molar-refractivity contribution < 1.29 is 9.53 Å². The minimum Gasteiger partial charge on any atom is -0.494 e. The number of para-hydroxylation sites is 1. The highest BCUT2D eigenvalue weighted by Gasteiger charge is 2.26. The molecule has 2 aromatic carbocycles. The normalized spacial score (nSPS) is 16.8. The van der Waals surface area contributed by atoms with Crippen LogP contribution in [-0.2, 0) is 11.2 Å². The molecular weight excluding hydrogens is 336 g/mol. The Balaban J connectivity index is 1.26. The Morgan fingerprint density at radius 2 is 2.00 bits per heavy atom. The second-order valence-corrected chi connectivity index (χ2v) is 7.48. The summed E-state index contributed by atoms with van der Waals surface area (Å²) in [6.45, 7) is 4.48. The standard InChI is InChI=1S/C23H26N2O2/c1-17-6-8-20(9-7-17)27-13-11-18-10-12-25(16-18)23(26)14-19-15-24-22-5-3-2-4-21(19)22/h2-9,15,18,24H,10-14,16H2,1H3. The zero-order chi connectivity index (χ0) is 18.6. The summed E-state index contributed by atoms with van der Waals surface area (Å²) >= 11 is 0. The smallest absolute Gasteiger partial charge is 0.227 e. The first kappa shape index (κ1) is 17.7. The van der Waals surface area contributed by atoms with Gasteiger partial charge in [0.2, 0.25) is 5.91 Å². The maximum absolute atomic E-state index is 12.7. The number of rotatable bonds is 6. The number of fused-ring (bicyclic) bond motifs is 1. The first-order valence-corrected chi connectivity index (χ1v) is 9.71. The molecule has 1 saturated heterocycles. The van der Waals surface area contributed by atoms with Crippen LogP contribution in [0.3, 0.4) is 0 Å². The SMILES string of the molecule is Cc1ccc(OCCC2CCN(C(=O)Cc3c[nH]c4ccccc34)C2)cc1. The zero-order valence-electron chi connectivity index (χ0n) is 15.8. The molecule has 1 aliphatic rings. The third-order valence-corrected chi connectivity index (χ3v) is 5.47. The average molecular weight is 362 g/mol. The molecule has 1 N–H and O–H groups in total. The highest BCUT2D eigenvalue weighted by atomic mass is 16.5. The van der Waals surface area contributed by atoms with Crippen LogP contribution in [0, 0.1) is 12.8 Å². The van der Waals surface area contributed by atoms with Crippen molar-refractivity contribution in [3.63, 3.8) is 0 Å². The van der Waals surface area contributed by atoms with Gasteiger partial charge >= 0.3 is 0 Å². The van der Waals surface area contributed by atoms with Crippen molar-refractivity contribution in [2.75, 3.05) is 19.7 Å². The van der Waals surface area contributed by atoms with E-state index in [-0.39, 0.29) is 5.91 Å². The van der Waals surface area contributed by atoms with Crippen molar-refractivity contribution >= 4 is 16.8 Å². The molecule has 4 rings (SSSR count). The van der Waals surface area contributed by atoms with E-state index in [1.54, 1.807) is 0 Å². The van der Waals surface area contributed by atoms with Gasteiger partial charge in [0.1, 0.15) is 5.75 Å². The van der Waals surface area contributed by atoms with Crippen molar-refractivity contribution in [3.05, 3.63) is 65.9 Å². The first-order valence-electron chi connectivity index (χ1n) is 9.71. The second kappa shape index (κ2) is 7.87. The molecule has 1 amide bonds. The molecule has 140 valence electrons. The molecule has 3 aromatic rings. The fraction of sp³-hybridized carbons (Fsp3) is 0.348. The summed E-state index contributed by atoms with van der Waals surface area (Å²) < 4.78 is 5.84. The summed E-state index contributed by atoms with van der Waals surface area (Å²) in [6.07, 6.45) is 4.49. The fourth-order valence-electron chi connectivity index (χ4n) is 3.83.